The smallest absolute Gasteiger partial charge is 0.144 e. The summed E-state index contributed by atoms with van der Waals surface area (Å²) in [6, 6.07) is 0. The zero-order valence-electron chi connectivity index (χ0n) is 6.84. The molecule has 0 radical (unpaired) electrons. The summed E-state index contributed by atoms with van der Waals surface area (Å²) in [5.41, 5.74) is 1.81. The standard InChI is InChI=1S/C6H8N6/c1-5-6(3-11(2)8-5)12-4-7-9-10-12/h3-4H,1-2H3. The maximum atomic E-state index is 4.17. The Labute approximate surface area is 68.8 Å². The van der Waals surface area contributed by atoms with E-state index in [-0.39, 0.29) is 0 Å². The van der Waals surface area contributed by atoms with Gasteiger partial charge in [0.15, 0.2) is 0 Å². The number of aromatic nitrogens is 6. The lowest BCUT2D eigenvalue weighted by Crippen LogP contribution is -1.94. The van der Waals surface area contributed by atoms with Crippen LogP contribution in [0.4, 0.5) is 0 Å². The normalized spacial score (nSPS) is 10.5. The Morgan fingerprint density at radius 2 is 2.25 bits per heavy atom. The summed E-state index contributed by atoms with van der Waals surface area (Å²) in [4.78, 5) is 0. The zero-order chi connectivity index (χ0) is 8.55. The van der Waals surface area contributed by atoms with Crippen molar-refractivity contribution >= 4 is 0 Å². The molecule has 0 fully saturated rings. The molecule has 0 aliphatic rings. The maximum absolute atomic E-state index is 4.17. The van der Waals surface area contributed by atoms with Gasteiger partial charge in [-0.1, -0.05) is 0 Å². The minimum Gasteiger partial charge on any atom is -0.273 e. The van der Waals surface area contributed by atoms with E-state index in [0.29, 0.717) is 0 Å². The van der Waals surface area contributed by atoms with Gasteiger partial charge in [0, 0.05) is 7.05 Å². The van der Waals surface area contributed by atoms with Crippen LogP contribution >= 0.6 is 0 Å². The summed E-state index contributed by atoms with van der Waals surface area (Å²) < 4.78 is 3.31. The summed E-state index contributed by atoms with van der Waals surface area (Å²) in [5, 5.41) is 15.0. The monoisotopic (exact) mass is 164 g/mol. The number of hydrogen-bond donors (Lipinski definition) is 0. The van der Waals surface area contributed by atoms with Crippen molar-refractivity contribution in [3.63, 3.8) is 0 Å². The molecule has 62 valence electrons. The van der Waals surface area contributed by atoms with Gasteiger partial charge in [-0.25, -0.2) is 0 Å². The number of tetrazole rings is 1. The molecule has 6 heteroatoms. The van der Waals surface area contributed by atoms with Gasteiger partial charge in [-0.2, -0.15) is 9.78 Å². The molecular formula is C6H8N6. The van der Waals surface area contributed by atoms with E-state index < -0.39 is 0 Å². The van der Waals surface area contributed by atoms with E-state index in [0.717, 1.165) is 11.4 Å². The first-order chi connectivity index (χ1) is 5.77. The lowest BCUT2D eigenvalue weighted by atomic mass is 10.4. The van der Waals surface area contributed by atoms with E-state index in [1.807, 2.05) is 20.2 Å². The molecule has 0 aliphatic carbocycles. The van der Waals surface area contributed by atoms with Crippen LogP contribution in [0.15, 0.2) is 12.5 Å². The van der Waals surface area contributed by atoms with Crippen LogP contribution in [-0.4, -0.2) is 30.0 Å². The minimum atomic E-state index is 0.905. The second-order valence-corrected chi connectivity index (χ2v) is 2.53. The SMILES string of the molecule is Cc1nn(C)cc1-n1cnnn1. The highest BCUT2D eigenvalue weighted by atomic mass is 15.5. The molecule has 0 aliphatic heterocycles. The largest absolute Gasteiger partial charge is 0.273 e. The van der Waals surface area contributed by atoms with E-state index >= 15 is 0 Å². The number of nitrogens with zero attached hydrogens (tertiary/aromatic N) is 6. The number of rotatable bonds is 1. The third kappa shape index (κ3) is 0.969. The molecule has 0 amide bonds. The molecule has 0 saturated heterocycles. The fraction of sp³-hybridized carbons (Fsp3) is 0.333. The Bertz CT molecular complexity index is 373. The quantitative estimate of drug-likeness (QED) is 0.580. The number of aryl methyl sites for hydroxylation is 2. The van der Waals surface area contributed by atoms with Gasteiger partial charge in [-0.05, 0) is 17.4 Å². The fourth-order valence-electron chi connectivity index (χ4n) is 1.08. The zero-order valence-corrected chi connectivity index (χ0v) is 6.84. The summed E-state index contributed by atoms with van der Waals surface area (Å²) in [6.07, 6.45) is 3.41. The molecule has 2 heterocycles. The summed E-state index contributed by atoms with van der Waals surface area (Å²) in [7, 11) is 1.86. The van der Waals surface area contributed by atoms with Crippen molar-refractivity contribution in [3.8, 4) is 5.69 Å². The topological polar surface area (TPSA) is 61.4 Å². The van der Waals surface area contributed by atoms with Crippen LogP contribution in [0.5, 0.6) is 0 Å². The Hall–Kier alpha value is -1.72. The first-order valence-electron chi connectivity index (χ1n) is 3.51. The van der Waals surface area contributed by atoms with Gasteiger partial charge < -0.3 is 0 Å². The van der Waals surface area contributed by atoms with Crippen LogP contribution in [0.25, 0.3) is 5.69 Å². The molecular weight excluding hydrogens is 156 g/mol. The third-order valence-electron chi connectivity index (χ3n) is 1.58. The number of hydrogen-bond acceptors (Lipinski definition) is 4. The summed E-state index contributed by atoms with van der Waals surface area (Å²) in [5.74, 6) is 0. The van der Waals surface area contributed by atoms with Gasteiger partial charge in [-0.3, -0.25) is 4.68 Å². The minimum absolute atomic E-state index is 0.905. The first kappa shape index (κ1) is 6.96. The Kier molecular flexibility index (Phi) is 1.39. The van der Waals surface area contributed by atoms with Gasteiger partial charge in [-0.15, -0.1) is 5.10 Å². The lowest BCUT2D eigenvalue weighted by Gasteiger charge is -1.91. The van der Waals surface area contributed by atoms with Crippen molar-refractivity contribution in [2.45, 2.75) is 6.92 Å². The molecule has 0 spiro atoms. The Balaban J connectivity index is 2.54. The molecule has 0 saturated carbocycles. The highest BCUT2D eigenvalue weighted by molar-refractivity contribution is 5.31. The summed E-state index contributed by atoms with van der Waals surface area (Å²) in [6.45, 7) is 1.91. The highest BCUT2D eigenvalue weighted by Crippen LogP contribution is 2.07. The van der Waals surface area contributed by atoms with Gasteiger partial charge in [0.05, 0.1) is 11.9 Å². The first-order valence-corrected chi connectivity index (χ1v) is 3.51. The third-order valence-corrected chi connectivity index (χ3v) is 1.58. The van der Waals surface area contributed by atoms with E-state index in [1.54, 1.807) is 15.7 Å². The molecule has 0 bridgehead atoms. The molecule has 0 N–H and O–H groups in total. The van der Waals surface area contributed by atoms with Crippen LogP contribution < -0.4 is 0 Å². The molecule has 6 nitrogen and oxygen atoms in total. The van der Waals surface area contributed by atoms with E-state index in [9.17, 15) is 0 Å². The van der Waals surface area contributed by atoms with E-state index in [2.05, 4.69) is 20.6 Å². The molecule has 12 heavy (non-hydrogen) atoms. The van der Waals surface area contributed by atoms with Crippen LogP contribution in [0.3, 0.4) is 0 Å². The Morgan fingerprint density at radius 1 is 1.42 bits per heavy atom. The molecule has 0 unspecified atom stereocenters. The summed E-state index contributed by atoms with van der Waals surface area (Å²) >= 11 is 0. The second-order valence-electron chi connectivity index (χ2n) is 2.53. The van der Waals surface area contributed by atoms with E-state index in [4.69, 9.17) is 0 Å². The van der Waals surface area contributed by atoms with Crippen LogP contribution in [-0.2, 0) is 7.05 Å². The Morgan fingerprint density at radius 3 is 2.75 bits per heavy atom. The van der Waals surface area contributed by atoms with Crippen molar-refractivity contribution < 1.29 is 0 Å². The van der Waals surface area contributed by atoms with E-state index in [1.165, 1.54) is 0 Å². The average molecular weight is 164 g/mol. The van der Waals surface area contributed by atoms with Gasteiger partial charge in [0.1, 0.15) is 12.0 Å². The molecule has 2 aromatic heterocycles. The van der Waals surface area contributed by atoms with Crippen LogP contribution in [0, 0.1) is 6.92 Å². The van der Waals surface area contributed by atoms with Crippen LogP contribution in [0.1, 0.15) is 5.69 Å². The fourth-order valence-corrected chi connectivity index (χ4v) is 1.08. The highest BCUT2D eigenvalue weighted by Gasteiger charge is 2.05. The lowest BCUT2D eigenvalue weighted by molar-refractivity contribution is 0.755. The van der Waals surface area contributed by atoms with Crippen molar-refractivity contribution in [2.24, 2.45) is 7.05 Å². The van der Waals surface area contributed by atoms with Crippen LogP contribution in [0.2, 0.25) is 0 Å². The molecule has 2 rings (SSSR count). The predicted molar refractivity (Wildman–Crippen MR) is 40.7 cm³/mol. The average Bonchev–Trinajstić information content (AvgIpc) is 2.58. The predicted octanol–water partition coefficient (Wildman–Crippen LogP) is -0.296. The molecule has 2 aromatic rings. The van der Waals surface area contributed by atoms with Gasteiger partial charge >= 0.3 is 0 Å². The van der Waals surface area contributed by atoms with Crippen molar-refractivity contribution in [2.75, 3.05) is 0 Å². The maximum Gasteiger partial charge on any atom is 0.144 e. The molecule has 0 atom stereocenters. The van der Waals surface area contributed by atoms with Crippen molar-refractivity contribution in [3.05, 3.63) is 18.2 Å². The van der Waals surface area contributed by atoms with Gasteiger partial charge in [0.2, 0.25) is 0 Å². The second kappa shape index (κ2) is 2.40. The van der Waals surface area contributed by atoms with Gasteiger partial charge in [0.25, 0.3) is 0 Å². The molecule has 0 aromatic carbocycles. The van der Waals surface area contributed by atoms with Crippen molar-refractivity contribution in [1.82, 2.24) is 30.0 Å². The van der Waals surface area contributed by atoms with Crippen molar-refractivity contribution in [1.29, 1.82) is 0 Å².